The molecule has 1 amide bonds. The smallest absolute Gasteiger partial charge is 0.394 e. The number of rotatable bonds is 5. The van der Waals surface area contributed by atoms with E-state index in [1.807, 2.05) is 0 Å². The maximum Gasteiger partial charge on any atom is 0.394 e. The highest BCUT2D eigenvalue weighted by molar-refractivity contribution is 5.97. The van der Waals surface area contributed by atoms with E-state index in [0.29, 0.717) is 0 Å². The Morgan fingerprint density at radius 2 is 2.00 bits per heavy atom. The van der Waals surface area contributed by atoms with Crippen LogP contribution in [0.3, 0.4) is 0 Å². The van der Waals surface area contributed by atoms with Crippen LogP contribution in [0.15, 0.2) is 36.9 Å². The molecule has 1 aromatic carbocycles. The van der Waals surface area contributed by atoms with Gasteiger partial charge in [0.1, 0.15) is 12.4 Å². The lowest BCUT2D eigenvalue weighted by atomic mass is 9.96. The molecule has 1 fully saturated rings. The first kappa shape index (κ1) is 17.8. The van der Waals surface area contributed by atoms with E-state index in [9.17, 15) is 22.8 Å². The fraction of sp³-hybridized carbons (Fsp3) is 0.375. The molecular formula is C16H16F3NO4. The second kappa shape index (κ2) is 6.94. The quantitative estimate of drug-likeness (QED) is 0.835. The van der Waals surface area contributed by atoms with E-state index in [1.54, 1.807) is 12.1 Å². The summed E-state index contributed by atoms with van der Waals surface area (Å²) in [6, 6.07) is 6.12. The molecule has 1 heterocycles. The van der Waals surface area contributed by atoms with Crippen molar-refractivity contribution in [3.63, 3.8) is 0 Å². The molecule has 2 rings (SSSR count). The Morgan fingerprint density at radius 1 is 1.33 bits per heavy atom. The van der Waals surface area contributed by atoms with Gasteiger partial charge in [0.05, 0.1) is 17.4 Å². The average molecular weight is 343 g/mol. The van der Waals surface area contributed by atoms with Crippen molar-refractivity contribution in [2.75, 3.05) is 19.7 Å². The highest BCUT2D eigenvalue weighted by Gasteiger charge is 2.53. The number of carbonyl (C=O) groups is 2. The third kappa shape index (κ3) is 3.69. The van der Waals surface area contributed by atoms with Crippen LogP contribution in [0.1, 0.15) is 10.4 Å². The minimum Gasteiger partial charge on any atom is -0.489 e. The number of nitrogens with zero attached hydrogens (tertiary/aromatic N) is 1. The predicted octanol–water partition coefficient (Wildman–Crippen LogP) is 2.59. The predicted molar refractivity (Wildman–Crippen MR) is 78.7 cm³/mol. The van der Waals surface area contributed by atoms with Gasteiger partial charge in [-0.15, -0.1) is 0 Å². The normalized spacial score (nSPS) is 20.7. The Hall–Kier alpha value is -2.51. The first-order chi connectivity index (χ1) is 11.3. The SMILES string of the molecule is C=CCOc1ccccc1C(=O)N1C[C@@H](C(F)(F)F)[C@H](C(=O)O)C1. The van der Waals surface area contributed by atoms with Crippen molar-refractivity contribution in [2.45, 2.75) is 6.18 Å². The van der Waals surface area contributed by atoms with Crippen molar-refractivity contribution in [3.8, 4) is 5.75 Å². The number of para-hydroxylation sites is 1. The number of alkyl halides is 3. The summed E-state index contributed by atoms with van der Waals surface area (Å²) in [4.78, 5) is 24.5. The summed E-state index contributed by atoms with van der Waals surface area (Å²) >= 11 is 0. The van der Waals surface area contributed by atoms with E-state index < -0.39 is 43.0 Å². The van der Waals surface area contributed by atoms with Gasteiger partial charge in [0, 0.05) is 13.1 Å². The molecule has 0 saturated carbocycles. The number of carboxylic acid groups (broad SMARTS) is 1. The van der Waals surface area contributed by atoms with Crippen molar-refractivity contribution in [3.05, 3.63) is 42.5 Å². The van der Waals surface area contributed by atoms with E-state index in [2.05, 4.69) is 6.58 Å². The molecule has 130 valence electrons. The van der Waals surface area contributed by atoms with Crippen LogP contribution in [-0.4, -0.2) is 47.8 Å². The number of halogens is 3. The maximum absolute atomic E-state index is 13.0. The zero-order valence-corrected chi connectivity index (χ0v) is 12.6. The van der Waals surface area contributed by atoms with Gasteiger partial charge >= 0.3 is 12.1 Å². The fourth-order valence-electron chi connectivity index (χ4n) is 2.64. The molecule has 0 unspecified atom stereocenters. The van der Waals surface area contributed by atoms with Crippen molar-refractivity contribution in [2.24, 2.45) is 11.8 Å². The number of hydrogen-bond acceptors (Lipinski definition) is 3. The van der Waals surface area contributed by atoms with Crippen LogP contribution in [0.2, 0.25) is 0 Å². The summed E-state index contributed by atoms with van der Waals surface area (Å²) < 4.78 is 44.4. The first-order valence-electron chi connectivity index (χ1n) is 7.17. The zero-order chi connectivity index (χ0) is 17.9. The van der Waals surface area contributed by atoms with Crippen molar-refractivity contribution < 1.29 is 32.6 Å². The molecule has 1 aliphatic rings. The number of benzene rings is 1. The summed E-state index contributed by atoms with van der Waals surface area (Å²) in [5.41, 5.74) is 0.0892. The van der Waals surface area contributed by atoms with E-state index >= 15 is 0 Å². The van der Waals surface area contributed by atoms with Crippen molar-refractivity contribution in [1.82, 2.24) is 4.90 Å². The van der Waals surface area contributed by atoms with Gasteiger partial charge in [-0.1, -0.05) is 24.8 Å². The molecule has 0 spiro atoms. The minimum atomic E-state index is -4.68. The van der Waals surface area contributed by atoms with Gasteiger partial charge in [-0.05, 0) is 12.1 Å². The molecule has 5 nitrogen and oxygen atoms in total. The average Bonchev–Trinajstić information content (AvgIpc) is 2.98. The maximum atomic E-state index is 13.0. The van der Waals surface area contributed by atoms with E-state index in [1.165, 1.54) is 18.2 Å². The van der Waals surface area contributed by atoms with Crippen molar-refractivity contribution in [1.29, 1.82) is 0 Å². The van der Waals surface area contributed by atoms with Gasteiger partial charge in [-0.25, -0.2) is 0 Å². The molecule has 24 heavy (non-hydrogen) atoms. The third-order valence-electron chi connectivity index (χ3n) is 3.82. The Balaban J connectivity index is 2.25. The van der Waals surface area contributed by atoms with Gasteiger partial charge in [0.25, 0.3) is 5.91 Å². The molecule has 0 bridgehead atoms. The van der Waals surface area contributed by atoms with Crippen LogP contribution in [-0.2, 0) is 4.79 Å². The molecule has 0 radical (unpaired) electrons. The largest absolute Gasteiger partial charge is 0.489 e. The van der Waals surface area contributed by atoms with E-state index in [0.717, 1.165) is 4.90 Å². The lowest BCUT2D eigenvalue weighted by molar-refractivity contribution is -0.187. The standard InChI is InChI=1S/C16H16F3NO4/c1-2-7-24-13-6-4-3-5-10(13)14(21)20-8-11(15(22)23)12(9-20)16(17,18)19/h2-6,11-12H,1,7-9H2,(H,22,23)/t11-,12-/m1/s1. The Morgan fingerprint density at radius 3 is 2.54 bits per heavy atom. The number of carbonyl (C=O) groups excluding carboxylic acids is 1. The Bertz CT molecular complexity index is 644. The van der Waals surface area contributed by atoms with Crippen molar-refractivity contribution >= 4 is 11.9 Å². The van der Waals surface area contributed by atoms with Crippen LogP contribution >= 0.6 is 0 Å². The zero-order valence-electron chi connectivity index (χ0n) is 12.6. The molecule has 8 heteroatoms. The number of likely N-dealkylation sites (tertiary alicyclic amines) is 1. The second-order valence-electron chi connectivity index (χ2n) is 5.40. The topological polar surface area (TPSA) is 66.8 Å². The van der Waals surface area contributed by atoms with E-state index in [4.69, 9.17) is 9.84 Å². The lowest BCUT2D eigenvalue weighted by Crippen LogP contribution is -2.34. The van der Waals surface area contributed by atoms with Gasteiger partial charge in [0.15, 0.2) is 0 Å². The molecule has 0 aliphatic carbocycles. The summed E-state index contributed by atoms with van der Waals surface area (Å²) in [7, 11) is 0. The van der Waals surface area contributed by atoms with Gasteiger partial charge in [0.2, 0.25) is 0 Å². The highest BCUT2D eigenvalue weighted by Crippen LogP contribution is 2.38. The Labute approximate surface area is 136 Å². The summed E-state index contributed by atoms with van der Waals surface area (Å²) in [6.45, 7) is 2.44. The number of amides is 1. The molecule has 1 saturated heterocycles. The molecule has 2 atom stereocenters. The minimum absolute atomic E-state index is 0.0892. The number of carboxylic acids is 1. The van der Waals surface area contributed by atoms with Crippen LogP contribution in [0.25, 0.3) is 0 Å². The number of aliphatic carboxylic acids is 1. The van der Waals surface area contributed by atoms with Crippen LogP contribution in [0, 0.1) is 11.8 Å². The summed E-state index contributed by atoms with van der Waals surface area (Å²) in [5.74, 6) is -5.79. The van der Waals surface area contributed by atoms with Gasteiger partial charge in [-0.2, -0.15) is 13.2 Å². The summed E-state index contributed by atoms with van der Waals surface area (Å²) in [5, 5.41) is 9.01. The third-order valence-corrected chi connectivity index (χ3v) is 3.82. The molecule has 1 aromatic rings. The van der Waals surface area contributed by atoms with Crippen LogP contribution < -0.4 is 4.74 Å². The molecule has 0 aromatic heterocycles. The van der Waals surface area contributed by atoms with Crippen LogP contribution in [0.5, 0.6) is 5.75 Å². The van der Waals surface area contributed by atoms with Gasteiger partial charge < -0.3 is 14.7 Å². The van der Waals surface area contributed by atoms with Crippen LogP contribution in [0.4, 0.5) is 13.2 Å². The summed E-state index contributed by atoms with van der Waals surface area (Å²) in [6.07, 6.45) is -3.21. The van der Waals surface area contributed by atoms with E-state index in [-0.39, 0.29) is 17.9 Å². The highest BCUT2D eigenvalue weighted by atomic mass is 19.4. The van der Waals surface area contributed by atoms with Gasteiger partial charge in [-0.3, -0.25) is 9.59 Å². The second-order valence-corrected chi connectivity index (χ2v) is 5.40. The molecule has 1 N–H and O–H groups in total. The number of ether oxygens (including phenoxy) is 1. The first-order valence-corrected chi connectivity index (χ1v) is 7.17. The molecular weight excluding hydrogens is 327 g/mol. The molecule has 1 aliphatic heterocycles. The lowest BCUT2D eigenvalue weighted by Gasteiger charge is -2.19. The number of hydrogen-bond donors (Lipinski definition) is 1. The fourth-order valence-corrected chi connectivity index (χ4v) is 2.64. The Kier molecular flexibility index (Phi) is 5.16. The monoisotopic (exact) mass is 343 g/mol.